The van der Waals surface area contributed by atoms with Crippen molar-refractivity contribution in [2.24, 2.45) is 0 Å². The highest BCUT2D eigenvalue weighted by Gasteiger charge is 2.33. The summed E-state index contributed by atoms with van der Waals surface area (Å²) in [5, 5.41) is 0. The van der Waals surface area contributed by atoms with E-state index in [0.29, 0.717) is 6.42 Å². The summed E-state index contributed by atoms with van der Waals surface area (Å²) < 4.78 is 2.66. The van der Waals surface area contributed by atoms with E-state index in [0.717, 1.165) is 31.5 Å². The molecule has 2 aromatic rings. The zero-order valence-corrected chi connectivity index (χ0v) is 18.9. The summed E-state index contributed by atoms with van der Waals surface area (Å²) in [5.74, 6) is 0.475. The molecule has 2 heteroatoms. The predicted octanol–water partition coefficient (Wildman–Crippen LogP) is 6.82. The Hall–Kier alpha value is -2.22. The van der Waals surface area contributed by atoms with Crippen LogP contribution in [0, 0.1) is 0 Å². The number of rotatable bonds is 11. The van der Waals surface area contributed by atoms with E-state index in [2.05, 4.69) is 42.7 Å². The zero-order valence-electron chi connectivity index (χ0n) is 18.9. The van der Waals surface area contributed by atoms with E-state index in [1.807, 2.05) is 30.3 Å². The van der Waals surface area contributed by atoms with Crippen LogP contribution in [0.4, 0.5) is 0 Å². The van der Waals surface area contributed by atoms with Gasteiger partial charge in [0, 0.05) is 31.2 Å². The Bertz CT molecular complexity index is 825. The molecule has 0 amide bonds. The van der Waals surface area contributed by atoms with Crippen LogP contribution >= 0.6 is 0 Å². The second-order valence-corrected chi connectivity index (χ2v) is 8.64. The minimum atomic E-state index is 0.214. The van der Waals surface area contributed by atoms with E-state index in [-0.39, 0.29) is 11.7 Å². The van der Waals surface area contributed by atoms with Gasteiger partial charge in [-0.15, -0.1) is 0 Å². The number of aryl methyl sites for hydroxylation is 1. The third kappa shape index (κ3) is 5.90. The quantitative estimate of drug-likeness (QED) is 0.228. The fourth-order valence-corrected chi connectivity index (χ4v) is 4.76. The molecule has 2 aromatic carbocycles. The third-order valence-corrected chi connectivity index (χ3v) is 6.44. The number of unbranched alkanes of at least 4 members (excludes halogenated alkanes) is 4. The monoisotopic (exact) mass is 404 g/mol. The number of carbonyl (C=O) groups excluding carboxylic acids is 1. The molecule has 0 radical (unpaired) electrons. The topological polar surface area (TPSA) is 20.1 Å². The van der Waals surface area contributed by atoms with Gasteiger partial charge in [0.2, 0.25) is 0 Å². The summed E-state index contributed by atoms with van der Waals surface area (Å²) in [4.78, 5) is 13.2. The zero-order chi connectivity index (χ0) is 21.2. The Balaban J connectivity index is 1.93. The average Bonchev–Trinajstić information content (AvgIpc) is 2.79. The third-order valence-electron chi connectivity index (χ3n) is 6.44. The van der Waals surface area contributed by atoms with E-state index in [1.165, 1.54) is 55.4 Å². The van der Waals surface area contributed by atoms with Crippen LogP contribution in [0.2, 0.25) is 0 Å². The standard InChI is InChI=1S/C28H38NO/c1-3-5-12-20-29(21-13-6-4-2)27-19-18-23-14-10-11-17-25(23)26(27)22-28(30)24-15-8-7-9-16-24/h7-11,14-17,26H,3-6,12-13,18-22H2,1-2H3/q+1. The normalized spacial score (nSPS) is 15.7. The molecule has 0 bridgehead atoms. The van der Waals surface area contributed by atoms with E-state index >= 15 is 0 Å². The maximum atomic E-state index is 13.2. The maximum absolute atomic E-state index is 13.2. The van der Waals surface area contributed by atoms with Gasteiger partial charge in [0.15, 0.2) is 11.5 Å². The first-order valence-corrected chi connectivity index (χ1v) is 12.0. The fourth-order valence-electron chi connectivity index (χ4n) is 4.76. The Morgan fingerprint density at radius 3 is 2.13 bits per heavy atom. The van der Waals surface area contributed by atoms with Gasteiger partial charge in [0.1, 0.15) is 13.1 Å². The van der Waals surface area contributed by atoms with Gasteiger partial charge in [-0.3, -0.25) is 4.79 Å². The van der Waals surface area contributed by atoms with Crippen LogP contribution in [0.3, 0.4) is 0 Å². The minimum absolute atomic E-state index is 0.214. The molecule has 1 atom stereocenters. The van der Waals surface area contributed by atoms with Crippen molar-refractivity contribution in [3.8, 4) is 0 Å². The van der Waals surface area contributed by atoms with Crippen molar-refractivity contribution in [3.63, 3.8) is 0 Å². The lowest BCUT2D eigenvalue weighted by Gasteiger charge is -2.26. The molecule has 0 saturated carbocycles. The summed E-state index contributed by atoms with van der Waals surface area (Å²) in [7, 11) is 0. The van der Waals surface area contributed by atoms with Crippen molar-refractivity contribution in [2.75, 3.05) is 13.1 Å². The molecule has 1 aliphatic rings. The van der Waals surface area contributed by atoms with Gasteiger partial charge in [0.05, 0.1) is 5.92 Å². The van der Waals surface area contributed by atoms with Crippen LogP contribution in [0.15, 0.2) is 54.6 Å². The number of carbonyl (C=O) groups is 1. The molecule has 0 heterocycles. The van der Waals surface area contributed by atoms with Crippen LogP contribution in [0.5, 0.6) is 0 Å². The van der Waals surface area contributed by atoms with Crippen molar-refractivity contribution in [1.82, 2.24) is 0 Å². The summed E-state index contributed by atoms with van der Waals surface area (Å²) in [6.07, 6.45) is 10.3. The molecular formula is C28H38NO+. The predicted molar refractivity (Wildman–Crippen MR) is 127 cm³/mol. The number of ketones is 1. The molecule has 160 valence electrons. The van der Waals surface area contributed by atoms with Crippen molar-refractivity contribution >= 4 is 11.5 Å². The highest BCUT2D eigenvalue weighted by Crippen LogP contribution is 2.33. The van der Waals surface area contributed by atoms with E-state index in [4.69, 9.17) is 0 Å². The van der Waals surface area contributed by atoms with Gasteiger partial charge < -0.3 is 0 Å². The molecule has 3 rings (SSSR count). The minimum Gasteiger partial charge on any atom is -0.294 e. The number of fused-ring (bicyclic) bond motifs is 1. The van der Waals surface area contributed by atoms with Crippen LogP contribution < -0.4 is 0 Å². The molecule has 1 unspecified atom stereocenters. The summed E-state index contributed by atoms with van der Waals surface area (Å²) in [6.45, 7) is 6.80. The Morgan fingerprint density at radius 1 is 0.833 bits per heavy atom. The number of hydrogen-bond donors (Lipinski definition) is 0. The van der Waals surface area contributed by atoms with Crippen LogP contribution in [0.1, 0.15) is 92.6 Å². The van der Waals surface area contributed by atoms with Crippen molar-refractivity contribution in [2.45, 2.75) is 77.6 Å². The second-order valence-electron chi connectivity index (χ2n) is 8.64. The molecular weight excluding hydrogens is 366 g/mol. The molecule has 1 aliphatic carbocycles. The molecule has 0 aromatic heterocycles. The van der Waals surface area contributed by atoms with Crippen LogP contribution in [-0.4, -0.2) is 29.2 Å². The lowest BCUT2D eigenvalue weighted by molar-refractivity contribution is -0.532. The first-order valence-electron chi connectivity index (χ1n) is 12.0. The van der Waals surface area contributed by atoms with Gasteiger partial charge in [-0.05, 0) is 30.4 Å². The number of Topliss-reactive ketones (excluding diaryl/α,β-unsaturated/α-hetero) is 1. The molecule has 30 heavy (non-hydrogen) atoms. The number of nitrogens with zero attached hydrogens (tertiary/aromatic N) is 1. The Morgan fingerprint density at radius 2 is 1.47 bits per heavy atom. The molecule has 0 saturated heterocycles. The van der Waals surface area contributed by atoms with Crippen LogP contribution in [0.25, 0.3) is 0 Å². The highest BCUT2D eigenvalue weighted by molar-refractivity contribution is 6.01. The molecule has 0 N–H and O–H groups in total. The lowest BCUT2D eigenvalue weighted by atomic mass is 9.77. The first-order chi connectivity index (χ1) is 14.7. The molecule has 2 nitrogen and oxygen atoms in total. The maximum Gasteiger partial charge on any atom is 0.164 e. The smallest absolute Gasteiger partial charge is 0.164 e. The molecule has 0 fully saturated rings. The largest absolute Gasteiger partial charge is 0.294 e. The van der Waals surface area contributed by atoms with E-state index in [1.54, 1.807) is 0 Å². The molecule has 0 spiro atoms. The fraction of sp³-hybridized carbons (Fsp3) is 0.500. The second kappa shape index (κ2) is 11.8. The highest BCUT2D eigenvalue weighted by atomic mass is 16.1. The van der Waals surface area contributed by atoms with Crippen molar-refractivity contribution < 1.29 is 9.37 Å². The van der Waals surface area contributed by atoms with Crippen molar-refractivity contribution in [3.05, 3.63) is 71.3 Å². The van der Waals surface area contributed by atoms with Gasteiger partial charge in [0.25, 0.3) is 0 Å². The van der Waals surface area contributed by atoms with Crippen molar-refractivity contribution in [1.29, 1.82) is 0 Å². The Kier molecular flexibility index (Phi) is 8.86. The lowest BCUT2D eigenvalue weighted by Crippen LogP contribution is -2.33. The van der Waals surface area contributed by atoms with E-state index < -0.39 is 0 Å². The van der Waals surface area contributed by atoms with E-state index in [9.17, 15) is 4.79 Å². The van der Waals surface area contributed by atoms with Crippen LogP contribution in [-0.2, 0) is 6.42 Å². The Labute approximate surface area is 183 Å². The summed E-state index contributed by atoms with van der Waals surface area (Å²) in [5.41, 5.74) is 5.14. The first kappa shape index (κ1) is 22.5. The summed E-state index contributed by atoms with van der Waals surface area (Å²) in [6, 6.07) is 18.6. The average molecular weight is 405 g/mol. The van der Waals surface area contributed by atoms with Gasteiger partial charge >= 0.3 is 0 Å². The number of benzene rings is 2. The summed E-state index contributed by atoms with van der Waals surface area (Å²) >= 11 is 0. The SMILES string of the molecule is CCCCC[N+](CCCCC)=C1CCc2ccccc2C1CC(=O)c1ccccc1. The van der Waals surface area contributed by atoms with Gasteiger partial charge in [-0.25, -0.2) is 4.58 Å². The number of hydrogen-bond acceptors (Lipinski definition) is 1. The molecule has 0 aliphatic heterocycles. The van der Waals surface area contributed by atoms with Gasteiger partial charge in [-0.2, -0.15) is 0 Å². The van der Waals surface area contributed by atoms with Gasteiger partial charge in [-0.1, -0.05) is 81.3 Å².